The van der Waals surface area contributed by atoms with Crippen LogP contribution in [0.4, 0.5) is 11.4 Å². The largest absolute Gasteiger partial charge is 0.482 e. The Morgan fingerprint density at radius 2 is 2.00 bits per heavy atom. The Hall–Kier alpha value is -2.86. The number of carbonyl (C=O) groups is 2. The third-order valence-corrected chi connectivity index (χ3v) is 3.92. The van der Waals surface area contributed by atoms with Crippen LogP contribution >= 0.6 is 0 Å². The van der Waals surface area contributed by atoms with Gasteiger partial charge in [-0.1, -0.05) is 29.8 Å². The van der Waals surface area contributed by atoms with E-state index in [1.54, 1.807) is 23.1 Å². The van der Waals surface area contributed by atoms with Crippen LogP contribution in [0, 0.1) is 6.92 Å². The van der Waals surface area contributed by atoms with Gasteiger partial charge >= 0.3 is 0 Å². The van der Waals surface area contributed by atoms with Crippen LogP contribution in [0.5, 0.6) is 5.75 Å². The molecule has 130 valence electrons. The number of ether oxygens (including phenoxy) is 2. The van der Waals surface area contributed by atoms with Crippen molar-refractivity contribution in [3.8, 4) is 5.75 Å². The zero-order valence-corrected chi connectivity index (χ0v) is 14.2. The number of hydrogen-bond acceptors (Lipinski definition) is 4. The predicted octanol–water partition coefficient (Wildman–Crippen LogP) is 2.51. The van der Waals surface area contributed by atoms with Crippen molar-refractivity contribution in [3.63, 3.8) is 0 Å². The molecule has 0 unspecified atom stereocenters. The van der Waals surface area contributed by atoms with Crippen LogP contribution in [0.1, 0.15) is 11.1 Å². The molecule has 0 spiro atoms. The highest BCUT2D eigenvalue weighted by Gasteiger charge is 2.26. The number of anilines is 2. The van der Waals surface area contributed by atoms with Crippen LogP contribution in [0.3, 0.4) is 0 Å². The third-order valence-electron chi connectivity index (χ3n) is 3.92. The van der Waals surface area contributed by atoms with Crippen molar-refractivity contribution < 1.29 is 19.1 Å². The second kappa shape index (κ2) is 7.36. The van der Waals surface area contributed by atoms with Crippen LogP contribution < -0.4 is 15.0 Å². The SMILES string of the molecule is COCC(=O)Nc1ccc2c(c1)N(Cc1ccc(C)cc1)C(=O)CO2. The minimum absolute atomic E-state index is 0.00818. The van der Waals surface area contributed by atoms with Crippen LogP contribution in [-0.4, -0.2) is 32.1 Å². The zero-order chi connectivity index (χ0) is 17.8. The summed E-state index contributed by atoms with van der Waals surface area (Å²) in [6.45, 7) is 2.45. The molecule has 0 aromatic heterocycles. The maximum absolute atomic E-state index is 12.4. The second-order valence-corrected chi connectivity index (χ2v) is 5.92. The van der Waals surface area contributed by atoms with Gasteiger partial charge in [0.25, 0.3) is 5.91 Å². The van der Waals surface area contributed by atoms with Gasteiger partial charge in [0.2, 0.25) is 5.91 Å². The predicted molar refractivity (Wildman–Crippen MR) is 94.8 cm³/mol. The molecular formula is C19H20N2O4. The van der Waals surface area contributed by atoms with Gasteiger partial charge in [-0.05, 0) is 30.7 Å². The molecule has 2 amide bonds. The number of amides is 2. The first-order valence-electron chi connectivity index (χ1n) is 7.98. The van der Waals surface area contributed by atoms with Gasteiger partial charge in [-0.25, -0.2) is 0 Å². The van der Waals surface area contributed by atoms with E-state index < -0.39 is 0 Å². The molecule has 1 aliphatic heterocycles. The molecule has 0 saturated heterocycles. The van der Waals surface area contributed by atoms with Crippen molar-refractivity contribution in [1.82, 2.24) is 0 Å². The minimum Gasteiger partial charge on any atom is -0.482 e. The molecule has 0 fully saturated rings. The van der Waals surface area contributed by atoms with Gasteiger partial charge < -0.3 is 19.7 Å². The van der Waals surface area contributed by atoms with E-state index in [0.717, 1.165) is 5.56 Å². The first kappa shape index (κ1) is 17.0. The van der Waals surface area contributed by atoms with Gasteiger partial charge in [0.1, 0.15) is 12.4 Å². The van der Waals surface area contributed by atoms with Crippen molar-refractivity contribution >= 4 is 23.2 Å². The third kappa shape index (κ3) is 3.97. The van der Waals surface area contributed by atoms with Gasteiger partial charge in [-0.3, -0.25) is 9.59 Å². The number of carbonyl (C=O) groups excluding carboxylic acids is 2. The quantitative estimate of drug-likeness (QED) is 0.908. The Bertz CT molecular complexity index is 787. The van der Waals surface area contributed by atoms with Crippen LogP contribution in [-0.2, 0) is 20.9 Å². The Morgan fingerprint density at radius 1 is 1.24 bits per heavy atom. The molecule has 2 aromatic carbocycles. The van der Waals surface area contributed by atoms with Gasteiger partial charge in [0, 0.05) is 12.8 Å². The average molecular weight is 340 g/mol. The molecule has 1 heterocycles. The van der Waals surface area contributed by atoms with Gasteiger partial charge in [-0.2, -0.15) is 0 Å². The van der Waals surface area contributed by atoms with E-state index in [4.69, 9.17) is 9.47 Å². The molecule has 2 aromatic rings. The van der Waals surface area contributed by atoms with Gasteiger partial charge in [0.05, 0.1) is 12.2 Å². The Labute approximate surface area is 146 Å². The molecular weight excluding hydrogens is 320 g/mol. The molecule has 0 saturated carbocycles. The lowest BCUT2D eigenvalue weighted by Gasteiger charge is -2.30. The summed E-state index contributed by atoms with van der Waals surface area (Å²) in [6, 6.07) is 13.3. The molecule has 1 aliphatic rings. The number of aryl methyl sites for hydroxylation is 1. The normalized spacial score (nSPS) is 13.2. The van der Waals surface area contributed by atoms with E-state index >= 15 is 0 Å². The first-order chi connectivity index (χ1) is 12.1. The molecule has 0 atom stereocenters. The number of methoxy groups -OCH3 is 1. The number of nitrogens with zero attached hydrogens (tertiary/aromatic N) is 1. The summed E-state index contributed by atoms with van der Waals surface area (Å²) in [5.74, 6) is 0.250. The Morgan fingerprint density at radius 3 is 2.72 bits per heavy atom. The zero-order valence-electron chi connectivity index (χ0n) is 14.2. The van der Waals surface area contributed by atoms with Gasteiger partial charge in [0.15, 0.2) is 6.61 Å². The first-order valence-corrected chi connectivity index (χ1v) is 7.98. The summed E-state index contributed by atoms with van der Waals surface area (Å²) in [5.41, 5.74) is 3.43. The van der Waals surface area contributed by atoms with Gasteiger partial charge in [-0.15, -0.1) is 0 Å². The van der Waals surface area contributed by atoms with Crippen molar-refractivity contribution in [2.45, 2.75) is 13.5 Å². The molecule has 3 rings (SSSR count). The van der Waals surface area contributed by atoms with Crippen LogP contribution in [0.15, 0.2) is 42.5 Å². The Kier molecular flexibility index (Phi) is 5.00. The van der Waals surface area contributed by atoms with E-state index in [1.165, 1.54) is 12.7 Å². The maximum Gasteiger partial charge on any atom is 0.265 e. The van der Waals surface area contributed by atoms with E-state index in [9.17, 15) is 9.59 Å². The molecule has 6 nitrogen and oxygen atoms in total. The highest BCUT2D eigenvalue weighted by Crippen LogP contribution is 2.35. The standard InChI is InChI=1S/C19H20N2O4/c1-13-3-5-14(6-4-13)10-21-16-9-15(20-18(22)11-24-2)7-8-17(16)25-12-19(21)23/h3-9H,10-12H2,1-2H3,(H,20,22). The summed E-state index contributed by atoms with van der Waals surface area (Å²) < 4.78 is 10.3. The summed E-state index contributed by atoms with van der Waals surface area (Å²) in [7, 11) is 1.46. The fraction of sp³-hybridized carbons (Fsp3) is 0.263. The number of fused-ring (bicyclic) bond motifs is 1. The average Bonchev–Trinajstić information content (AvgIpc) is 2.59. The summed E-state index contributed by atoms with van der Waals surface area (Å²) in [4.78, 5) is 25.7. The molecule has 25 heavy (non-hydrogen) atoms. The fourth-order valence-corrected chi connectivity index (χ4v) is 2.66. The highest BCUT2D eigenvalue weighted by atomic mass is 16.5. The lowest BCUT2D eigenvalue weighted by molar-refractivity contribution is -0.121. The summed E-state index contributed by atoms with van der Waals surface area (Å²) in [5, 5.41) is 2.74. The topological polar surface area (TPSA) is 67.9 Å². The number of rotatable bonds is 5. The summed E-state index contributed by atoms with van der Waals surface area (Å²) >= 11 is 0. The smallest absolute Gasteiger partial charge is 0.265 e. The molecule has 6 heteroatoms. The van der Waals surface area contributed by atoms with Crippen LogP contribution in [0.2, 0.25) is 0 Å². The molecule has 0 radical (unpaired) electrons. The van der Waals surface area contributed by atoms with E-state index in [2.05, 4.69) is 5.32 Å². The number of hydrogen-bond donors (Lipinski definition) is 1. The number of benzene rings is 2. The lowest BCUT2D eigenvalue weighted by Crippen LogP contribution is -2.38. The monoisotopic (exact) mass is 340 g/mol. The number of nitrogens with one attached hydrogen (secondary N) is 1. The van der Waals surface area contributed by atoms with Crippen LogP contribution in [0.25, 0.3) is 0 Å². The maximum atomic E-state index is 12.4. The molecule has 0 bridgehead atoms. The van der Waals surface area contributed by atoms with E-state index in [1.807, 2.05) is 31.2 Å². The van der Waals surface area contributed by atoms with E-state index in [0.29, 0.717) is 23.7 Å². The summed E-state index contributed by atoms with van der Waals surface area (Å²) in [6.07, 6.45) is 0. The van der Waals surface area contributed by atoms with E-state index in [-0.39, 0.29) is 25.0 Å². The lowest BCUT2D eigenvalue weighted by atomic mass is 10.1. The van der Waals surface area contributed by atoms with Crippen molar-refractivity contribution in [1.29, 1.82) is 0 Å². The molecule has 1 N–H and O–H groups in total. The highest BCUT2D eigenvalue weighted by molar-refractivity contribution is 5.99. The molecule has 0 aliphatic carbocycles. The minimum atomic E-state index is -0.254. The second-order valence-electron chi connectivity index (χ2n) is 5.92. The van der Waals surface area contributed by atoms with Crippen molar-refractivity contribution in [2.75, 3.05) is 30.5 Å². The Balaban J connectivity index is 1.86. The van der Waals surface area contributed by atoms with Crippen molar-refractivity contribution in [2.24, 2.45) is 0 Å². The fourth-order valence-electron chi connectivity index (χ4n) is 2.66. The van der Waals surface area contributed by atoms with Crippen molar-refractivity contribution in [3.05, 3.63) is 53.6 Å².